The van der Waals surface area contributed by atoms with E-state index in [1.165, 1.54) is 19.3 Å². The number of nitrogens with one attached hydrogen (secondary N) is 1. The highest BCUT2D eigenvalue weighted by Gasteiger charge is 2.23. The number of hydrogen-bond acceptors (Lipinski definition) is 2. The number of carboxylic acid groups (broad SMARTS) is 1. The summed E-state index contributed by atoms with van der Waals surface area (Å²) >= 11 is 0. The lowest BCUT2D eigenvalue weighted by Gasteiger charge is -2.19. The Morgan fingerprint density at radius 1 is 1.19 bits per heavy atom. The molecule has 1 fully saturated rings. The fraction of sp³-hybridized carbons (Fsp3) is 0.412. The number of nitrogens with zero attached hydrogens (tertiary/aromatic N) is 1. The molecule has 0 spiro atoms. The van der Waals surface area contributed by atoms with Gasteiger partial charge in [0, 0.05) is 11.5 Å². The molecular weight excluding hydrogens is 264 g/mol. The number of rotatable bonds is 3. The van der Waals surface area contributed by atoms with Crippen LogP contribution in [0.4, 0.5) is 0 Å². The Hall–Kier alpha value is -2.10. The average molecular weight is 284 g/mol. The molecule has 0 aliphatic heterocycles. The van der Waals surface area contributed by atoms with Gasteiger partial charge in [-0.15, -0.1) is 0 Å². The number of benzene rings is 1. The summed E-state index contributed by atoms with van der Waals surface area (Å²) in [5.41, 5.74) is 2.78. The van der Waals surface area contributed by atoms with Crippen molar-refractivity contribution in [3.63, 3.8) is 0 Å². The molecule has 1 aliphatic carbocycles. The van der Waals surface area contributed by atoms with E-state index in [4.69, 9.17) is 0 Å². The van der Waals surface area contributed by atoms with Crippen molar-refractivity contribution >= 4 is 5.97 Å². The number of aryl methyl sites for hydroxylation is 1. The highest BCUT2D eigenvalue weighted by atomic mass is 16.4. The summed E-state index contributed by atoms with van der Waals surface area (Å²) in [7, 11) is 0. The van der Waals surface area contributed by atoms with E-state index in [-0.39, 0.29) is 5.69 Å². The minimum atomic E-state index is -0.944. The number of aromatic carboxylic acids is 1. The van der Waals surface area contributed by atoms with Crippen LogP contribution in [0, 0.1) is 6.92 Å². The van der Waals surface area contributed by atoms with Crippen LogP contribution in [0.5, 0.6) is 0 Å². The third-order valence-corrected chi connectivity index (χ3v) is 4.25. The summed E-state index contributed by atoms with van der Waals surface area (Å²) in [6.07, 6.45) is 5.87. The van der Waals surface area contributed by atoms with Crippen molar-refractivity contribution in [1.82, 2.24) is 9.97 Å². The smallest absolute Gasteiger partial charge is 0.354 e. The lowest BCUT2D eigenvalue weighted by molar-refractivity contribution is 0.0691. The van der Waals surface area contributed by atoms with Gasteiger partial charge in [-0.25, -0.2) is 9.78 Å². The van der Waals surface area contributed by atoms with Crippen LogP contribution in [-0.4, -0.2) is 21.0 Å². The van der Waals surface area contributed by atoms with Crippen LogP contribution in [0.2, 0.25) is 0 Å². The Labute approximate surface area is 124 Å². The van der Waals surface area contributed by atoms with Crippen molar-refractivity contribution in [1.29, 1.82) is 0 Å². The molecule has 0 amide bonds. The Balaban J connectivity index is 2.00. The molecule has 3 rings (SSSR count). The number of H-pyrrole nitrogens is 1. The summed E-state index contributed by atoms with van der Waals surface area (Å²) in [5, 5.41) is 9.42. The molecule has 21 heavy (non-hydrogen) atoms. The van der Waals surface area contributed by atoms with Crippen molar-refractivity contribution in [3.05, 3.63) is 41.3 Å². The van der Waals surface area contributed by atoms with Crippen molar-refractivity contribution < 1.29 is 9.90 Å². The topological polar surface area (TPSA) is 66.0 Å². The molecule has 0 radical (unpaired) electrons. The number of carbonyl (C=O) groups is 1. The molecule has 0 saturated heterocycles. The highest BCUT2D eigenvalue weighted by molar-refractivity contribution is 5.93. The lowest BCUT2D eigenvalue weighted by atomic mass is 9.89. The van der Waals surface area contributed by atoms with Gasteiger partial charge in [-0.05, 0) is 19.8 Å². The first-order chi connectivity index (χ1) is 10.1. The van der Waals surface area contributed by atoms with Gasteiger partial charge in [-0.1, -0.05) is 49.1 Å². The first-order valence-electron chi connectivity index (χ1n) is 7.55. The minimum absolute atomic E-state index is 0.208. The molecule has 1 aromatic heterocycles. The molecule has 2 aromatic rings. The van der Waals surface area contributed by atoms with E-state index in [1.807, 2.05) is 31.2 Å². The van der Waals surface area contributed by atoms with E-state index in [1.54, 1.807) is 0 Å². The van der Waals surface area contributed by atoms with E-state index in [0.29, 0.717) is 11.6 Å². The highest BCUT2D eigenvalue weighted by Crippen LogP contribution is 2.33. The minimum Gasteiger partial charge on any atom is -0.477 e. The van der Waals surface area contributed by atoms with Gasteiger partial charge in [-0.2, -0.15) is 0 Å². The molecule has 4 heteroatoms. The molecular formula is C17H20N2O2. The van der Waals surface area contributed by atoms with E-state index >= 15 is 0 Å². The summed E-state index contributed by atoms with van der Waals surface area (Å²) < 4.78 is 0. The van der Waals surface area contributed by atoms with Crippen molar-refractivity contribution in [2.45, 2.75) is 44.9 Å². The summed E-state index contributed by atoms with van der Waals surface area (Å²) in [5.74, 6) is 0.263. The van der Waals surface area contributed by atoms with Gasteiger partial charge in [0.2, 0.25) is 0 Å². The quantitative estimate of drug-likeness (QED) is 0.890. The van der Waals surface area contributed by atoms with Gasteiger partial charge in [0.1, 0.15) is 11.5 Å². The molecule has 0 atom stereocenters. The van der Waals surface area contributed by atoms with Crippen molar-refractivity contribution in [2.75, 3.05) is 0 Å². The molecule has 1 aromatic carbocycles. The van der Waals surface area contributed by atoms with Gasteiger partial charge < -0.3 is 10.1 Å². The molecule has 4 nitrogen and oxygen atoms in total. The van der Waals surface area contributed by atoms with Gasteiger partial charge in [0.25, 0.3) is 0 Å². The molecule has 1 saturated carbocycles. The molecule has 110 valence electrons. The van der Waals surface area contributed by atoms with Crippen LogP contribution >= 0.6 is 0 Å². The standard InChI is InChI=1S/C17H20N2O2/c1-11-7-9-12(10-8-11)14-15(17(20)21)19-16(18-14)13-5-3-2-4-6-13/h7-10,13H,2-6H2,1H3,(H,18,19)(H,20,21). The summed E-state index contributed by atoms with van der Waals surface area (Å²) in [6.45, 7) is 2.01. The van der Waals surface area contributed by atoms with Crippen LogP contribution < -0.4 is 0 Å². The normalized spacial score (nSPS) is 16.0. The molecule has 0 bridgehead atoms. The van der Waals surface area contributed by atoms with Crippen LogP contribution in [0.15, 0.2) is 24.3 Å². The zero-order chi connectivity index (χ0) is 14.8. The molecule has 0 unspecified atom stereocenters. The predicted molar refractivity (Wildman–Crippen MR) is 81.5 cm³/mol. The second kappa shape index (κ2) is 5.72. The Morgan fingerprint density at radius 3 is 2.48 bits per heavy atom. The van der Waals surface area contributed by atoms with Gasteiger partial charge in [0.05, 0.1) is 0 Å². The van der Waals surface area contributed by atoms with Gasteiger partial charge >= 0.3 is 5.97 Å². The molecule has 2 N–H and O–H groups in total. The van der Waals surface area contributed by atoms with Crippen molar-refractivity contribution in [3.8, 4) is 11.3 Å². The second-order valence-corrected chi connectivity index (χ2v) is 5.85. The number of imidazole rings is 1. The maximum absolute atomic E-state index is 11.5. The first-order valence-corrected chi connectivity index (χ1v) is 7.55. The zero-order valence-corrected chi connectivity index (χ0v) is 12.2. The van der Waals surface area contributed by atoms with Crippen LogP contribution in [0.1, 0.15) is 59.9 Å². The zero-order valence-electron chi connectivity index (χ0n) is 12.2. The summed E-state index contributed by atoms with van der Waals surface area (Å²) in [4.78, 5) is 19.2. The van der Waals surface area contributed by atoms with Crippen LogP contribution in [0.3, 0.4) is 0 Å². The first kappa shape index (κ1) is 13.9. The van der Waals surface area contributed by atoms with Crippen LogP contribution in [-0.2, 0) is 0 Å². The predicted octanol–water partition coefficient (Wildman–Crippen LogP) is 4.13. The number of aromatic nitrogens is 2. The second-order valence-electron chi connectivity index (χ2n) is 5.85. The van der Waals surface area contributed by atoms with Gasteiger partial charge in [0.15, 0.2) is 5.69 Å². The Bertz CT molecular complexity index is 637. The van der Waals surface area contributed by atoms with E-state index in [2.05, 4.69) is 9.97 Å². The average Bonchev–Trinajstić information content (AvgIpc) is 2.94. The maximum atomic E-state index is 11.5. The number of hydrogen-bond donors (Lipinski definition) is 2. The number of aromatic amines is 1. The lowest BCUT2D eigenvalue weighted by Crippen LogP contribution is -2.06. The third-order valence-electron chi connectivity index (χ3n) is 4.25. The molecule has 1 aliphatic rings. The van der Waals surface area contributed by atoms with E-state index in [9.17, 15) is 9.90 Å². The van der Waals surface area contributed by atoms with E-state index < -0.39 is 5.97 Å². The largest absolute Gasteiger partial charge is 0.477 e. The Morgan fingerprint density at radius 2 is 1.86 bits per heavy atom. The Kier molecular flexibility index (Phi) is 3.78. The maximum Gasteiger partial charge on any atom is 0.354 e. The van der Waals surface area contributed by atoms with E-state index in [0.717, 1.165) is 29.8 Å². The monoisotopic (exact) mass is 284 g/mol. The molecule has 1 heterocycles. The summed E-state index contributed by atoms with van der Waals surface area (Å²) in [6, 6.07) is 7.83. The van der Waals surface area contributed by atoms with Gasteiger partial charge in [-0.3, -0.25) is 0 Å². The van der Waals surface area contributed by atoms with Crippen LogP contribution in [0.25, 0.3) is 11.3 Å². The number of carboxylic acids is 1. The van der Waals surface area contributed by atoms with Crippen molar-refractivity contribution in [2.24, 2.45) is 0 Å². The third kappa shape index (κ3) is 2.84. The SMILES string of the molecule is Cc1ccc(-c2nc(C3CCCCC3)[nH]c2C(=O)O)cc1. The fourth-order valence-electron chi connectivity index (χ4n) is 3.04. The fourth-order valence-corrected chi connectivity index (χ4v) is 3.04.